The Hall–Kier alpha value is -2.10. The molecule has 1 N–H and O–H groups in total. The van der Waals surface area contributed by atoms with Crippen molar-refractivity contribution in [2.45, 2.75) is 52.7 Å². The predicted octanol–water partition coefficient (Wildman–Crippen LogP) is 3.56. The number of hydrogen-bond donors (Lipinski definition) is 1. The van der Waals surface area contributed by atoms with Crippen LogP contribution in [-0.4, -0.2) is 22.1 Å². The SMILES string of the molecule is Cc1nc(NC(C)C)cc(N2Cc3ccccc3C[C@H]2C)n1. The molecule has 1 aliphatic rings. The van der Waals surface area contributed by atoms with Gasteiger partial charge in [0.05, 0.1) is 0 Å². The van der Waals surface area contributed by atoms with Crippen molar-refractivity contribution in [1.29, 1.82) is 0 Å². The van der Waals surface area contributed by atoms with Crippen LogP contribution in [0.3, 0.4) is 0 Å². The van der Waals surface area contributed by atoms with Crippen LogP contribution >= 0.6 is 0 Å². The monoisotopic (exact) mass is 296 g/mol. The molecule has 0 saturated carbocycles. The fourth-order valence-electron chi connectivity index (χ4n) is 3.05. The highest BCUT2D eigenvalue weighted by Gasteiger charge is 2.24. The van der Waals surface area contributed by atoms with E-state index < -0.39 is 0 Å². The summed E-state index contributed by atoms with van der Waals surface area (Å²) >= 11 is 0. The number of aryl methyl sites for hydroxylation is 1. The summed E-state index contributed by atoms with van der Waals surface area (Å²) in [7, 11) is 0. The van der Waals surface area contributed by atoms with Crippen molar-refractivity contribution in [1.82, 2.24) is 9.97 Å². The number of rotatable bonds is 3. The summed E-state index contributed by atoms with van der Waals surface area (Å²) in [6.45, 7) is 9.38. The van der Waals surface area contributed by atoms with Gasteiger partial charge < -0.3 is 10.2 Å². The summed E-state index contributed by atoms with van der Waals surface area (Å²) in [5, 5.41) is 3.38. The number of aromatic nitrogens is 2. The van der Waals surface area contributed by atoms with E-state index in [0.717, 1.165) is 30.4 Å². The zero-order valence-corrected chi connectivity index (χ0v) is 13.8. The molecule has 0 fully saturated rings. The first-order valence-corrected chi connectivity index (χ1v) is 7.98. The summed E-state index contributed by atoms with van der Waals surface area (Å²) in [4.78, 5) is 11.5. The maximum Gasteiger partial charge on any atom is 0.134 e. The zero-order chi connectivity index (χ0) is 15.7. The van der Waals surface area contributed by atoms with Gasteiger partial charge >= 0.3 is 0 Å². The highest BCUT2D eigenvalue weighted by Crippen LogP contribution is 2.28. The highest BCUT2D eigenvalue weighted by atomic mass is 15.2. The van der Waals surface area contributed by atoms with Crippen LogP contribution in [0.4, 0.5) is 11.6 Å². The highest BCUT2D eigenvalue weighted by molar-refractivity contribution is 5.52. The van der Waals surface area contributed by atoms with Crippen LogP contribution in [0.25, 0.3) is 0 Å². The summed E-state index contributed by atoms with van der Waals surface area (Å²) in [5.41, 5.74) is 2.85. The average molecular weight is 296 g/mol. The van der Waals surface area contributed by atoms with E-state index in [9.17, 15) is 0 Å². The van der Waals surface area contributed by atoms with Crippen LogP contribution in [0.1, 0.15) is 37.7 Å². The van der Waals surface area contributed by atoms with Crippen LogP contribution in [0.5, 0.6) is 0 Å². The first-order valence-electron chi connectivity index (χ1n) is 7.98. The minimum Gasteiger partial charge on any atom is -0.368 e. The number of nitrogens with zero attached hydrogens (tertiary/aromatic N) is 3. The number of fused-ring (bicyclic) bond motifs is 1. The molecule has 0 bridgehead atoms. The van der Waals surface area contributed by atoms with Crippen LogP contribution < -0.4 is 10.2 Å². The number of nitrogens with one attached hydrogen (secondary N) is 1. The normalized spacial score (nSPS) is 17.5. The Morgan fingerprint density at radius 1 is 1.18 bits per heavy atom. The van der Waals surface area contributed by atoms with E-state index in [1.165, 1.54) is 11.1 Å². The Balaban J connectivity index is 1.92. The Bertz CT molecular complexity index is 666. The van der Waals surface area contributed by atoms with Crippen LogP contribution in [0.15, 0.2) is 30.3 Å². The molecule has 2 aromatic rings. The Kier molecular flexibility index (Phi) is 4.01. The molecule has 1 aromatic heterocycles. The quantitative estimate of drug-likeness (QED) is 0.940. The largest absolute Gasteiger partial charge is 0.368 e. The van der Waals surface area contributed by atoms with Gasteiger partial charge in [-0.1, -0.05) is 24.3 Å². The van der Waals surface area contributed by atoms with Crippen molar-refractivity contribution in [3.8, 4) is 0 Å². The van der Waals surface area contributed by atoms with Gasteiger partial charge in [0.2, 0.25) is 0 Å². The Morgan fingerprint density at radius 2 is 1.91 bits per heavy atom. The van der Waals surface area contributed by atoms with E-state index >= 15 is 0 Å². The van der Waals surface area contributed by atoms with Gasteiger partial charge in [-0.3, -0.25) is 0 Å². The van der Waals surface area contributed by atoms with Gasteiger partial charge in [-0.25, -0.2) is 9.97 Å². The molecule has 116 valence electrons. The third-order valence-electron chi connectivity index (χ3n) is 4.06. The van der Waals surface area contributed by atoms with Gasteiger partial charge in [-0.15, -0.1) is 0 Å². The van der Waals surface area contributed by atoms with E-state index in [1.54, 1.807) is 0 Å². The lowest BCUT2D eigenvalue weighted by Gasteiger charge is -2.36. The van der Waals surface area contributed by atoms with Crippen molar-refractivity contribution in [2.24, 2.45) is 0 Å². The van der Waals surface area contributed by atoms with Gasteiger partial charge in [-0.05, 0) is 45.2 Å². The van der Waals surface area contributed by atoms with E-state index in [2.05, 4.69) is 71.3 Å². The zero-order valence-electron chi connectivity index (χ0n) is 13.8. The average Bonchev–Trinajstić information content (AvgIpc) is 2.45. The molecule has 3 rings (SSSR count). The molecule has 22 heavy (non-hydrogen) atoms. The number of benzene rings is 1. The maximum atomic E-state index is 4.66. The number of hydrogen-bond acceptors (Lipinski definition) is 4. The molecule has 1 aliphatic heterocycles. The standard InChI is InChI=1S/C18H24N4/c1-12(2)19-17-10-18(21-14(4)20-17)22-11-16-8-6-5-7-15(16)9-13(22)3/h5-8,10,12-13H,9,11H2,1-4H3,(H,19,20,21)/t13-/m1/s1. The molecular formula is C18H24N4. The fraction of sp³-hybridized carbons (Fsp3) is 0.444. The van der Waals surface area contributed by atoms with Gasteiger partial charge in [0, 0.05) is 24.7 Å². The van der Waals surface area contributed by atoms with Gasteiger partial charge in [0.15, 0.2) is 0 Å². The fourth-order valence-corrected chi connectivity index (χ4v) is 3.05. The lowest BCUT2D eigenvalue weighted by atomic mass is 9.95. The number of anilines is 2. The molecule has 1 aromatic carbocycles. The second-order valence-corrected chi connectivity index (χ2v) is 6.41. The van der Waals surface area contributed by atoms with Crippen molar-refractivity contribution in [2.75, 3.05) is 10.2 Å². The molecule has 0 aliphatic carbocycles. The molecule has 4 heteroatoms. The minimum atomic E-state index is 0.363. The van der Waals surface area contributed by atoms with Crippen molar-refractivity contribution < 1.29 is 0 Å². The molecule has 0 spiro atoms. The molecular weight excluding hydrogens is 272 g/mol. The van der Waals surface area contributed by atoms with Crippen molar-refractivity contribution in [3.63, 3.8) is 0 Å². The predicted molar refractivity (Wildman–Crippen MR) is 91.3 cm³/mol. The summed E-state index contributed by atoms with van der Waals surface area (Å²) in [6.07, 6.45) is 1.06. The van der Waals surface area contributed by atoms with Gasteiger partial charge in [0.25, 0.3) is 0 Å². The first kappa shape index (κ1) is 14.8. The second-order valence-electron chi connectivity index (χ2n) is 6.41. The van der Waals surface area contributed by atoms with Crippen LogP contribution in [0, 0.1) is 6.92 Å². The van der Waals surface area contributed by atoms with E-state index in [4.69, 9.17) is 0 Å². The molecule has 1 atom stereocenters. The van der Waals surface area contributed by atoms with Crippen molar-refractivity contribution >= 4 is 11.6 Å². The van der Waals surface area contributed by atoms with E-state index in [0.29, 0.717) is 12.1 Å². The summed E-state index contributed by atoms with van der Waals surface area (Å²) in [6, 6.07) is 11.6. The van der Waals surface area contributed by atoms with Gasteiger partial charge in [-0.2, -0.15) is 0 Å². The molecule has 0 unspecified atom stereocenters. The molecule has 0 amide bonds. The summed E-state index contributed by atoms with van der Waals surface area (Å²) < 4.78 is 0. The molecule has 2 heterocycles. The first-order chi connectivity index (χ1) is 10.5. The smallest absolute Gasteiger partial charge is 0.134 e. The minimum absolute atomic E-state index is 0.363. The topological polar surface area (TPSA) is 41.1 Å². The van der Waals surface area contributed by atoms with Gasteiger partial charge in [0.1, 0.15) is 17.5 Å². The lowest BCUT2D eigenvalue weighted by Crippen LogP contribution is -2.39. The molecule has 0 radical (unpaired) electrons. The third-order valence-corrected chi connectivity index (χ3v) is 4.06. The maximum absolute atomic E-state index is 4.66. The Labute approximate surface area is 132 Å². The van der Waals surface area contributed by atoms with E-state index in [-0.39, 0.29) is 0 Å². The lowest BCUT2D eigenvalue weighted by molar-refractivity contribution is 0.585. The molecule has 0 saturated heterocycles. The third kappa shape index (κ3) is 3.06. The Morgan fingerprint density at radius 3 is 2.64 bits per heavy atom. The van der Waals surface area contributed by atoms with Crippen LogP contribution in [-0.2, 0) is 13.0 Å². The summed E-state index contributed by atoms with van der Waals surface area (Å²) in [5.74, 6) is 2.73. The van der Waals surface area contributed by atoms with E-state index in [1.807, 2.05) is 6.92 Å². The molecule has 4 nitrogen and oxygen atoms in total. The second kappa shape index (κ2) is 5.95. The van der Waals surface area contributed by atoms with Crippen LogP contribution in [0.2, 0.25) is 0 Å². The van der Waals surface area contributed by atoms with Crippen molar-refractivity contribution in [3.05, 3.63) is 47.3 Å².